The maximum absolute atomic E-state index is 5.76. The van der Waals surface area contributed by atoms with Crippen molar-refractivity contribution in [1.82, 2.24) is 0 Å². The van der Waals surface area contributed by atoms with E-state index in [4.69, 9.17) is 14.2 Å². The molecule has 2 aromatic carbocycles. The van der Waals surface area contributed by atoms with E-state index < -0.39 is 0 Å². The van der Waals surface area contributed by atoms with Crippen molar-refractivity contribution in [2.45, 2.75) is 6.92 Å². The highest BCUT2D eigenvalue weighted by Crippen LogP contribution is 2.35. The minimum absolute atomic E-state index is 0.584. The van der Waals surface area contributed by atoms with Gasteiger partial charge < -0.3 is 14.2 Å². The minimum Gasteiger partial charge on any atom is -0.486 e. The molecule has 1 aliphatic rings. The quantitative estimate of drug-likeness (QED) is 0.805. The molecule has 0 N–H and O–H groups in total. The van der Waals surface area contributed by atoms with Crippen molar-refractivity contribution >= 4 is 0 Å². The Bertz CT molecular complexity index is 546. The molecule has 0 spiro atoms. The summed E-state index contributed by atoms with van der Waals surface area (Å²) < 4.78 is 16.7. The number of hydrogen-bond acceptors (Lipinski definition) is 3. The Morgan fingerprint density at radius 1 is 0.833 bits per heavy atom. The fourth-order valence-corrected chi connectivity index (χ4v) is 1.83. The van der Waals surface area contributed by atoms with E-state index in [1.165, 1.54) is 5.56 Å². The van der Waals surface area contributed by atoms with Crippen LogP contribution in [0, 0.1) is 6.92 Å². The first-order valence-electron chi connectivity index (χ1n) is 5.95. The van der Waals surface area contributed by atoms with Crippen LogP contribution in [0.15, 0.2) is 42.5 Å². The number of hydrogen-bond donors (Lipinski definition) is 0. The first kappa shape index (κ1) is 11.0. The van der Waals surface area contributed by atoms with Crippen LogP contribution < -0.4 is 14.2 Å². The molecule has 0 saturated heterocycles. The molecule has 0 aromatic heterocycles. The molecule has 18 heavy (non-hydrogen) atoms. The van der Waals surface area contributed by atoms with Crippen molar-refractivity contribution in [3.8, 4) is 23.0 Å². The molecule has 92 valence electrons. The average Bonchev–Trinajstić information content (AvgIpc) is 2.41. The third-order valence-electron chi connectivity index (χ3n) is 2.77. The lowest BCUT2D eigenvalue weighted by Gasteiger charge is -2.18. The molecule has 3 heteroatoms. The Morgan fingerprint density at radius 3 is 2.28 bits per heavy atom. The van der Waals surface area contributed by atoms with Crippen molar-refractivity contribution < 1.29 is 14.2 Å². The molecule has 0 atom stereocenters. The lowest BCUT2D eigenvalue weighted by Crippen LogP contribution is -2.15. The fraction of sp³-hybridized carbons (Fsp3) is 0.200. The first-order chi connectivity index (χ1) is 8.81. The predicted molar refractivity (Wildman–Crippen MR) is 68.7 cm³/mol. The topological polar surface area (TPSA) is 27.7 Å². The van der Waals surface area contributed by atoms with E-state index in [-0.39, 0.29) is 0 Å². The highest BCUT2D eigenvalue weighted by Gasteiger charge is 2.12. The standard InChI is InChI=1S/C15H14O3/c1-11-2-4-12(5-3-11)18-13-6-7-14-15(10-13)17-9-8-16-14/h2-7,10H,8-9H2,1H3. The highest BCUT2D eigenvalue weighted by molar-refractivity contribution is 5.47. The molecular weight excluding hydrogens is 228 g/mol. The third-order valence-corrected chi connectivity index (χ3v) is 2.77. The van der Waals surface area contributed by atoms with Gasteiger partial charge in [-0.15, -0.1) is 0 Å². The average molecular weight is 242 g/mol. The van der Waals surface area contributed by atoms with Gasteiger partial charge in [-0.05, 0) is 31.2 Å². The van der Waals surface area contributed by atoms with Gasteiger partial charge in [-0.25, -0.2) is 0 Å². The highest BCUT2D eigenvalue weighted by atomic mass is 16.6. The van der Waals surface area contributed by atoms with Gasteiger partial charge in [-0.1, -0.05) is 17.7 Å². The summed E-state index contributed by atoms with van der Waals surface area (Å²) in [6.07, 6.45) is 0. The van der Waals surface area contributed by atoms with Crippen molar-refractivity contribution in [3.63, 3.8) is 0 Å². The fourth-order valence-electron chi connectivity index (χ4n) is 1.83. The van der Waals surface area contributed by atoms with Crippen LogP contribution >= 0.6 is 0 Å². The first-order valence-corrected chi connectivity index (χ1v) is 5.95. The van der Waals surface area contributed by atoms with Crippen molar-refractivity contribution in [2.75, 3.05) is 13.2 Å². The van der Waals surface area contributed by atoms with Gasteiger partial charge >= 0.3 is 0 Å². The summed E-state index contributed by atoms with van der Waals surface area (Å²) in [6.45, 7) is 3.24. The van der Waals surface area contributed by atoms with Crippen LogP contribution in [0.25, 0.3) is 0 Å². The maximum atomic E-state index is 5.76. The third kappa shape index (κ3) is 2.25. The van der Waals surface area contributed by atoms with Gasteiger partial charge in [0.1, 0.15) is 24.7 Å². The second-order valence-electron chi connectivity index (χ2n) is 4.22. The summed E-state index contributed by atoms with van der Waals surface area (Å²) in [4.78, 5) is 0. The molecule has 0 aliphatic carbocycles. The lowest BCUT2D eigenvalue weighted by atomic mass is 10.2. The summed E-state index contributed by atoms with van der Waals surface area (Å²) in [5, 5.41) is 0. The van der Waals surface area contributed by atoms with Gasteiger partial charge in [-0.2, -0.15) is 0 Å². The van der Waals surface area contributed by atoms with Crippen LogP contribution in [0.4, 0.5) is 0 Å². The van der Waals surface area contributed by atoms with Gasteiger partial charge in [0.15, 0.2) is 11.5 Å². The van der Waals surface area contributed by atoms with Crippen molar-refractivity contribution in [3.05, 3.63) is 48.0 Å². The Labute approximate surface area is 106 Å². The zero-order valence-electron chi connectivity index (χ0n) is 10.2. The smallest absolute Gasteiger partial charge is 0.165 e. The summed E-state index contributed by atoms with van der Waals surface area (Å²) in [5.41, 5.74) is 1.21. The molecule has 3 nitrogen and oxygen atoms in total. The molecule has 1 aliphatic heterocycles. The zero-order chi connectivity index (χ0) is 12.4. The van der Waals surface area contributed by atoms with Crippen molar-refractivity contribution in [1.29, 1.82) is 0 Å². The largest absolute Gasteiger partial charge is 0.486 e. The van der Waals surface area contributed by atoms with Gasteiger partial charge in [0.05, 0.1) is 0 Å². The second-order valence-corrected chi connectivity index (χ2v) is 4.22. The Morgan fingerprint density at radius 2 is 1.50 bits per heavy atom. The van der Waals surface area contributed by atoms with Crippen LogP contribution in [0.5, 0.6) is 23.0 Å². The molecule has 0 bridgehead atoms. The van der Waals surface area contributed by atoms with Crippen LogP contribution in [0.1, 0.15) is 5.56 Å². The molecule has 0 fully saturated rings. The monoisotopic (exact) mass is 242 g/mol. The molecule has 0 saturated carbocycles. The number of rotatable bonds is 2. The number of aryl methyl sites for hydroxylation is 1. The molecule has 1 heterocycles. The van der Waals surface area contributed by atoms with Crippen LogP contribution in [-0.2, 0) is 0 Å². The number of fused-ring (bicyclic) bond motifs is 1. The van der Waals surface area contributed by atoms with E-state index in [2.05, 4.69) is 0 Å². The normalized spacial score (nSPS) is 13.2. The van der Waals surface area contributed by atoms with Gasteiger partial charge in [0, 0.05) is 6.07 Å². The van der Waals surface area contributed by atoms with Gasteiger partial charge in [0.25, 0.3) is 0 Å². The Hall–Kier alpha value is -2.16. The van der Waals surface area contributed by atoms with E-state index >= 15 is 0 Å². The van der Waals surface area contributed by atoms with Gasteiger partial charge in [0.2, 0.25) is 0 Å². The predicted octanol–water partition coefficient (Wildman–Crippen LogP) is 3.56. The van der Waals surface area contributed by atoms with Gasteiger partial charge in [-0.3, -0.25) is 0 Å². The zero-order valence-corrected chi connectivity index (χ0v) is 10.2. The van der Waals surface area contributed by atoms with E-state index in [9.17, 15) is 0 Å². The van der Waals surface area contributed by atoms with E-state index in [1.54, 1.807) is 0 Å². The molecular formula is C15H14O3. The molecule has 0 radical (unpaired) electrons. The van der Waals surface area contributed by atoms with Crippen LogP contribution in [0.3, 0.4) is 0 Å². The molecule has 0 amide bonds. The molecule has 0 unspecified atom stereocenters. The summed E-state index contributed by atoms with van der Waals surface area (Å²) in [7, 11) is 0. The number of ether oxygens (including phenoxy) is 3. The van der Waals surface area contributed by atoms with E-state index in [1.807, 2.05) is 49.4 Å². The summed E-state index contributed by atoms with van der Waals surface area (Å²) >= 11 is 0. The SMILES string of the molecule is Cc1ccc(Oc2ccc3c(c2)OCCO3)cc1. The molecule has 2 aromatic rings. The Balaban J connectivity index is 1.82. The Kier molecular flexibility index (Phi) is 2.81. The summed E-state index contributed by atoms with van der Waals surface area (Å²) in [6, 6.07) is 13.6. The minimum atomic E-state index is 0.584. The lowest BCUT2D eigenvalue weighted by molar-refractivity contribution is 0.171. The molecule has 3 rings (SSSR count). The van der Waals surface area contributed by atoms with Crippen LogP contribution in [-0.4, -0.2) is 13.2 Å². The second kappa shape index (κ2) is 4.61. The maximum Gasteiger partial charge on any atom is 0.165 e. The number of benzene rings is 2. The van der Waals surface area contributed by atoms with E-state index in [0.29, 0.717) is 13.2 Å². The van der Waals surface area contributed by atoms with Crippen molar-refractivity contribution in [2.24, 2.45) is 0 Å². The van der Waals surface area contributed by atoms with Crippen LogP contribution in [0.2, 0.25) is 0 Å². The summed E-state index contributed by atoms with van der Waals surface area (Å²) in [5.74, 6) is 3.09. The van der Waals surface area contributed by atoms with E-state index in [0.717, 1.165) is 23.0 Å².